The Hall–Kier alpha value is -5.60. The molecule has 1 aliphatic heterocycles. The van der Waals surface area contributed by atoms with E-state index in [9.17, 15) is 0 Å². The van der Waals surface area contributed by atoms with Crippen molar-refractivity contribution in [1.29, 1.82) is 0 Å². The zero-order valence-corrected chi connectivity index (χ0v) is 22.9. The molecule has 2 heteroatoms. The summed E-state index contributed by atoms with van der Waals surface area (Å²) in [4.78, 5) is 2.44. The van der Waals surface area contributed by atoms with Gasteiger partial charge in [-0.3, -0.25) is 0 Å². The minimum atomic E-state index is 1.16. The van der Waals surface area contributed by atoms with Gasteiger partial charge < -0.3 is 9.47 Å². The van der Waals surface area contributed by atoms with Crippen LogP contribution in [0, 0.1) is 0 Å². The molecule has 1 aromatic heterocycles. The molecule has 0 saturated heterocycles. The first-order valence-corrected chi connectivity index (χ1v) is 14.5. The summed E-state index contributed by atoms with van der Waals surface area (Å²) in [5.74, 6) is 0. The van der Waals surface area contributed by atoms with Crippen LogP contribution in [-0.4, -0.2) is 4.57 Å². The molecule has 0 atom stereocenters. The number of benzene rings is 7. The van der Waals surface area contributed by atoms with E-state index in [1.807, 2.05) is 0 Å². The Kier molecular flexibility index (Phi) is 4.93. The average Bonchev–Trinajstić information content (AvgIpc) is 3.38. The molecule has 2 nitrogen and oxygen atoms in total. The van der Waals surface area contributed by atoms with E-state index in [1.54, 1.807) is 0 Å². The van der Waals surface area contributed by atoms with E-state index < -0.39 is 0 Å². The second-order valence-electron chi connectivity index (χ2n) is 11.0. The summed E-state index contributed by atoms with van der Waals surface area (Å²) in [5.41, 5.74) is 12.1. The van der Waals surface area contributed by atoms with Crippen molar-refractivity contribution >= 4 is 49.6 Å². The molecule has 2 heterocycles. The van der Waals surface area contributed by atoms with Crippen LogP contribution >= 0.6 is 0 Å². The van der Waals surface area contributed by atoms with Crippen molar-refractivity contribution in [3.63, 3.8) is 0 Å². The van der Waals surface area contributed by atoms with Crippen LogP contribution in [0.4, 0.5) is 17.1 Å². The number of para-hydroxylation sites is 2. The minimum Gasteiger partial charge on any atom is -0.309 e. The largest absolute Gasteiger partial charge is 0.309 e. The fourth-order valence-electron chi connectivity index (χ4n) is 6.84. The third kappa shape index (κ3) is 3.33. The number of aromatic nitrogens is 1. The monoisotopic (exact) mass is 534 g/mol. The van der Waals surface area contributed by atoms with Crippen LogP contribution in [0.3, 0.4) is 0 Å². The van der Waals surface area contributed by atoms with Gasteiger partial charge in [-0.2, -0.15) is 0 Å². The van der Waals surface area contributed by atoms with Crippen molar-refractivity contribution in [2.24, 2.45) is 0 Å². The van der Waals surface area contributed by atoms with Crippen molar-refractivity contribution in [2.75, 3.05) is 4.90 Å². The summed E-state index contributed by atoms with van der Waals surface area (Å²) < 4.78 is 2.42. The van der Waals surface area contributed by atoms with Gasteiger partial charge in [-0.25, -0.2) is 0 Å². The van der Waals surface area contributed by atoms with Gasteiger partial charge in [0.15, 0.2) is 0 Å². The Morgan fingerprint density at radius 2 is 1.05 bits per heavy atom. The van der Waals surface area contributed by atoms with Gasteiger partial charge in [-0.15, -0.1) is 0 Å². The number of anilines is 3. The highest BCUT2D eigenvalue weighted by molar-refractivity contribution is 6.19. The molecule has 0 radical (unpaired) electrons. The molecule has 0 saturated carbocycles. The SMILES string of the molecule is c1ccc(-c2ccc3c(c2)c2cc4c(cc2n3-c2ccccc2)N(c2ccccc2)c2cccc3cccc-4c23)cc1. The molecule has 0 spiro atoms. The zero-order valence-electron chi connectivity index (χ0n) is 22.9. The fourth-order valence-corrected chi connectivity index (χ4v) is 6.84. The third-order valence-electron chi connectivity index (χ3n) is 8.67. The standard InChI is InChI=1S/C40H26N2/c1-4-12-27(13-5-1)29-22-23-36-33(24-29)35-25-34-32-20-10-14-28-15-11-21-37(40(28)32)42(31-18-8-3-9-19-31)38(34)26-39(35)41(36)30-16-6-2-7-17-30/h1-26H. The number of nitrogens with zero attached hydrogens (tertiary/aromatic N) is 2. The van der Waals surface area contributed by atoms with Gasteiger partial charge in [-0.05, 0) is 76.7 Å². The molecular formula is C40H26N2. The predicted molar refractivity (Wildman–Crippen MR) is 177 cm³/mol. The highest BCUT2D eigenvalue weighted by atomic mass is 15.2. The second kappa shape index (κ2) is 8.95. The fraction of sp³-hybridized carbons (Fsp3) is 0. The lowest BCUT2D eigenvalue weighted by Gasteiger charge is -2.33. The summed E-state index contributed by atoms with van der Waals surface area (Å²) in [6.07, 6.45) is 0. The molecule has 0 unspecified atom stereocenters. The molecule has 0 bridgehead atoms. The maximum absolute atomic E-state index is 2.44. The van der Waals surface area contributed by atoms with Gasteiger partial charge in [0.1, 0.15) is 0 Å². The predicted octanol–water partition coefficient (Wildman–Crippen LogP) is 11.1. The molecule has 0 fully saturated rings. The third-order valence-corrected chi connectivity index (χ3v) is 8.67. The van der Waals surface area contributed by atoms with E-state index >= 15 is 0 Å². The highest BCUT2D eigenvalue weighted by Crippen LogP contribution is 2.52. The Balaban J connectivity index is 1.43. The van der Waals surface area contributed by atoms with E-state index in [4.69, 9.17) is 0 Å². The average molecular weight is 535 g/mol. The van der Waals surface area contributed by atoms with Crippen molar-refractivity contribution in [3.05, 3.63) is 158 Å². The normalized spacial score (nSPS) is 12.2. The highest BCUT2D eigenvalue weighted by Gasteiger charge is 2.28. The molecule has 0 aliphatic carbocycles. The van der Waals surface area contributed by atoms with Gasteiger partial charge in [0.05, 0.1) is 22.4 Å². The molecule has 42 heavy (non-hydrogen) atoms. The first-order valence-electron chi connectivity index (χ1n) is 14.5. The van der Waals surface area contributed by atoms with E-state index in [0.717, 1.165) is 11.4 Å². The second-order valence-corrected chi connectivity index (χ2v) is 11.0. The first-order chi connectivity index (χ1) is 20.8. The molecular weight excluding hydrogens is 508 g/mol. The molecule has 196 valence electrons. The topological polar surface area (TPSA) is 8.17 Å². The quantitative estimate of drug-likeness (QED) is 0.219. The smallest absolute Gasteiger partial charge is 0.0562 e. The van der Waals surface area contributed by atoms with Crippen LogP contribution in [0.5, 0.6) is 0 Å². The van der Waals surface area contributed by atoms with Gasteiger partial charge >= 0.3 is 0 Å². The molecule has 9 rings (SSSR count). The lowest BCUT2D eigenvalue weighted by atomic mass is 9.89. The van der Waals surface area contributed by atoms with Crippen molar-refractivity contribution < 1.29 is 0 Å². The van der Waals surface area contributed by atoms with E-state index in [-0.39, 0.29) is 0 Å². The lowest BCUT2D eigenvalue weighted by molar-refractivity contribution is 1.18. The molecule has 1 aliphatic rings. The van der Waals surface area contributed by atoms with E-state index in [0.29, 0.717) is 0 Å². The van der Waals surface area contributed by atoms with Crippen molar-refractivity contribution in [2.45, 2.75) is 0 Å². The number of hydrogen-bond donors (Lipinski definition) is 0. The summed E-state index contributed by atoms with van der Waals surface area (Å²) in [6.45, 7) is 0. The minimum absolute atomic E-state index is 1.16. The van der Waals surface area contributed by atoms with Crippen LogP contribution < -0.4 is 4.90 Å². The van der Waals surface area contributed by atoms with Crippen molar-refractivity contribution in [1.82, 2.24) is 4.57 Å². The van der Waals surface area contributed by atoms with E-state index in [1.165, 1.54) is 66.2 Å². The first kappa shape index (κ1) is 23.1. The summed E-state index contributed by atoms with van der Waals surface area (Å²) in [7, 11) is 0. The summed E-state index contributed by atoms with van der Waals surface area (Å²) >= 11 is 0. The zero-order chi connectivity index (χ0) is 27.6. The van der Waals surface area contributed by atoms with Gasteiger partial charge in [0.2, 0.25) is 0 Å². The number of rotatable bonds is 3. The Labute approximate surface area is 244 Å². The molecule has 8 aromatic rings. The lowest BCUT2D eigenvalue weighted by Crippen LogP contribution is -2.15. The van der Waals surface area contributed by atoms with Crippen LogP contribution in [-0.2, 0) is 0 Å². The Bertz CT molecular complexity index is 2280. The number of hydrogen-bond acceptors (Lipinski definition) is 1. The van der Waals surface area contributed by atoms with Crippen LogP contribution in [0.25, 0.3) is 60.5 Å². The van der Waals surface area contributed by atoms with Gasteiger partial charge in [0, 0.05) is 33.1 Å². The van der Waals surface area contributed by atoms with E-state index in [2.05, 4.69) is 167 Å². The van der Waals surface area contributed by atoms with Crippen LogP contribution in [0.15, 0.2) is 158 Å². The Morgan fingerprint density at radius 3 is 1.81 bits per heavy atom. The molecule has 0 N–H and O–H groups in total. The van der Waals surface area contributed by atoms with Crippen LogP contribution in [0.2, 0.25) is 0 Å². The Morgan fingerprint density at radius 1 is 0.381 bits per heavy atom. The maximum Gasteiger partial charge on any atom is 0.0562 e. The maximum atomic E-state index is 2.44. The molecule has 7 aromatic carbocycles. The van der Waals surface area contributed by atoms with Gasteiger partial charge in [0.25, 0.3) is 0 Å². The van der Waals surface area contributed by atoms with Gasteiger partial charge in [-0.1, -0.05) is 103 Å². The molecule has 0 amide bonds. The van der Waals surface area contributed by atoms with Crippen molar-refractivity contribution in [3.8, 4) is 27.9 Å². The summed E-state index contributed by atoms with van der Waals surface area (Å²) in [5, 5.41) is 5.08. The number of fused-ring (bicyclic) bond motifs is 5. The summed E-state index contributed by atoms with van der Waals surface area (Å²) in [6, 6.07) is 57.3. The van der Waals surface area contributed by atoms with Crippen LogP contribution in [0.1, 0.15) is 0 Å².